The third kappa shape index (κ3) is 7.98. The standard InChI is InChI=1S/C31H34F3N5O5/c1-19-16-39(20(2)18-40)28(41)25-15-24(36-29(42)35-23-11-9-21(10-12-23)31(32,33)34)13-14-26(25)44-27(19)17-38(3)30(43)37-22-7-5-4-6-8-22/h4-15,19-20,27,40H,16-18H2,1-3H3,(H,37,43)(H2,35,36,42)/t19-,20+,27-/m1/s1. The number of hydrogen-bond donors (Lipinski definition) is 4. The van der Waals surface area contributed by atoms with Crippen molar-refractivity contribution in [1.82, 2.24) is 9.80 Å². The highest BCUT2D eigenvalue weighted by molar-refractivity contribution is 6.02. The monoisotopic (exact) mass is 613 g/mol. The second kappa shape index (κ2) is 13.7. The van der Waals surface area contributed by atoms with Gasteiger partial charge in [-0.05, 0) is 61.5 Å². The van der Waals surface area contributed by atoms with Crippen molar-refractivity contribution >= 4 is 35.0 Å². The third-order valence-electron chi connectivity index (χ3n) is 7.22. The molecule has 3 atom stereocenters. The number of fused-ring (bicyclic) bond motifs is 1. The first-order valence-electron chi connectivity index (χ1n) is 13.9. The number of aliphatic hydroxyl groups excluding tert-OH is 1. The molecule has 3 aromatic carbocycles. The van der Waals surface area contributed by atoms with E-state index in [2.05, 4.69) is 16.0 Å². The molecule has 0 saturated heterocycles. The summed E-state index contributed by atoms with van der Waals surface area (Å²) >= 11 is 0. The number of amides is 5. The molecule has 10 nitrogen and oxygen atoms in total. The maximum absolute atomic E-state index is 13.7. The number of urea groups is 2. The first-order chi connectivity index (χ1) is 20.8. The number of aliphatic hydroxyl groups is 1. The van der Waals surface area contributed by atoms with E-state index in [1.165, 1.54) is 28.0 Å². The molecule has 4 N–H and O–H groups in total. The number of para-hydroxylation sites is 1. The molecule has 0 saturated carbocycles. The average Bonchev–Trinajstić information content (AvgIpc) is 2.99. The minimum atomic E-state index is -4.50. The van der Waals surface area contributed by atoms with E-state index in [1.807, 2.05) is 25.1 Å². The highest BCUT2D eigenvalue weighted by Gasteiger charge is 2.34. The van der Waals surface area contributed by atoms with Crippen LogP contribution in [0.1, 0.15) is 29.8 Å². The van der Waals surface area contributed by atoms with Crippen LogP contribution in [0.2, 0.25) is 0 Å². The van der Waals surface area contributed by atoms with Gasteiger partial charge in [-0.15, -0.1) is 0 Å². The second-order valence-electron chi connectivity index (χ2n) is 10.7. The molecule has 13 heteroatoms. The number of alkyl halides is 3. The highest BCUT2D eigenvalue weighted by atomic mass is 19.4. The second-order valence-corrected chi connectivity index (χ2v) is 10.7. The molecule has 1 heterocycles. The van der Waals surface area contributed by atoms with E-state index < -0.39 is 35.8 Å². The lowest BCUT2D eigenvalue weighted by molar-refractivity contribution is -0.137. The molecule has 234 valence electrons. The normalized spacial score (nSPS) is 17.3. The number of nitrogens with one attached hydrogen (secondary N) is 3. The van der Waals surface area contributed by atoms with Crippen molar-refractivity contribution in [2.75, 3.05) is 42.7 Å². The van der Waals surface area contributed by atoms with Gasteiger partial charge in [0, 0.05) is 36.6 Å². The van der Waals surface area contributed by atoms with Crippen LogP contribution >= 0.6 is 0 Å². The number of ether oxygens (including phenoxy) is 1. The van der Waals surface area contributed by atoms with Gasteiger partial charge in [-0.3, -0.25) is 4.79 Å². The molecule has 4 rings (SSSR count). The van der Waals surface area contributed by atoms with Crippen LogP contribution in [0.15, 0.2) is 72.8 Å². The maximum atomic E-state index is 13.7. The van der Waals surface area contributed by atoms with Gasteiger partial charge in [0.1, 0.15) is 11.9 Å². The number of benzene rings is 3. The Bertz CT molecular complexity index is 1470. The molecule has 0 fully saturated rings. The lowest BCUT2D eigenvalue weighted by Crippen LogP contribution is -2.50. The summed E-state index contributed by atoms with van der Waals surface area (Å²) in [7, 11) is 1.63. The van der Waals surface area contributed by atoms with E-state index in [0.717, 1.165) is 24.3 Å². The Kier molecular flexibility index (Phi) is 9.99. The molecule has 0 aliphatic carbocycles. The Balaban J connectivity index is 1.53. The number of carbonyl (C=O) groups is 3. The largest absolute Gasteiger partial charge is 0.487 e. The number of nitrogens with zero attached hydrogens (tertiary/aromatic N) is 2. The van der Waals surface area contributed by atoms with Crippen molar-refractivity contribution in [2.45, 2.75) is 32.2 Å². The number of carbonyl (C=O) groups excluding carboxylic acids is 3. The van der Waals surface area contributed by atoms with Gasteiger partial charge in [-0.2, -0.15) is 13.2 Å². The number of halogens is 3. The van der Waals surface area contributed by atoms with Crippen LogP contribution in [0.3, 0.4) is 0 Å². The van der Waals surface area contributed by atoms with Crippen LogP contribution in [-0.4, -0.2) is 71.8 Å². The molecule has 0 spiro atoms. The van der Waals surface area contributed by atoms with Crippen LogP contribution in [0.4, 0.5) is 39.8 Å². The van der Waals surface area contributed by atoms with Crippen molar-refractivity contribution in [3.63, 3.8) is 0 Å². The first-order valence-corrected chi connectivity index (χ1v) is 13.9. The molecule has 0 radical (unpaired) electrons. The van der Waals surface area contributed by atoms with E-state index >= 15 is 0 Å². The lowest BCUT2D eigenvalue weighted by Gasteiger charge is -2.38. The zero-order valence-corrected chi connectivity index (χ0v) is 24.4. The summed E-state index contributed by atoms with van der Waals surface area (Å²) < 4.78 is 44.8. The Morgan fingerprint density at radius 1 is 1.00 bits per heavy atom. The van der Waals surface area contributed by atoms with Crippen molar-refractivity contribution < 1.29 is 37.4 Å². The summed E-state index contributed by atoms with van der Waals surface area (Å²) in [6, 6.07) is 15.8. The quantitative estimate of drug-likeness (QED) is 0.271. The van der Waals surface area contributed by atoms with Gasteiger partial charge in [0.15, 0.2) is 0 Å². The smallest absolute Gasteiger partial charge is 0.416 e. The highest BCUT2D eigenvalue weighted by Crippen LogP contribution is 2.32. The molecule has 1 aliphatic heterocycles. The summed E-state index contributed by atoms with van der Waals surface area (Å²) in [5.41, 5.74) is 0.289. The van der Waals surface area contributed by atoms with Gasteiger partial charge < -0.3 is 35.6 Å². The molecule has 0 unspecified atom stereocenters. The van der Waals surface area contributed by atoms with Gasteiger partial charge in [-0.25, -0.2) is 9.59 Å². The molecule has 1 aliphatic rings. The SMILES string of the molecule is C[C@@H]1CN([C@@H](C)CO)C(=O)c2cc(NC(=O)Nc3ccc(C(F)(F)F)cc3)ccc2O[C@@H]1CN(C)C(=O)Nc1ccccc1. The Morgan fingerprint density at radius 3 is 2.25 bits per heavy atom. The van der Waals surface area contributed by atoms with Crippen LogP contribution in [0.25, 0.3) is 0 Å². The van der Waals surface area contributed by atoms with Gasteiger partial charge in [0.2, 0.25) is 0 Å². The van der Waals surface area contributed by atoms with E-state index in [0.29, 0.717) is 5.69 Å². The van der Waals surface area contributed by atoms with Crippen LogP contribution in [0.5, 0.6) is 5.75 Å². The van der Waals surface area contributed by atoms with Gasteiger partial charge in [0.05, 0.1) is 30.3 Å². The fourth-order valence-electron chi connectivity index (χ4n) is 4.65. The van der Waals surface area contributed by atoms with Gasteiger partial charge in [0.25, 0.3) is 5.91 Å². The third-order valence-corrected chi connectivity index (χ3v) is 7.22. The average molecular weight is 614 g/mol. The topological polar surface area (TPSA) is 123 Å². The molecule has 5 amide bonds. The zero-order valence-electron chi connectivity index (χ0n) is 24.4. The zero-order chi connectivity index (χ0) is 32.0. The molecule has 3 aromatic rings. The van der Waals surface area contributed by atoms with Gasteiger partial charge in [-0.1, -0.05) is 25.1 Å². The van der Waals surface area contributed by atoms with E-state index in [9.17, 15) is 32.7 Å². The lowest BCUT2D eigenvalue weighted by atomic mass is 9.99. The number of hydrogen-bond acceptors (Lipinski definition) is 5. The molecular weight excluding hydrogens is 579 g/mol. The van der Waals surface area contributed by atoms with Crippen LogP contribution < -0.4 is 20.7 Å². The van der Waals surface area contributed by atoms with Crippen molar-refractivity contribution in [3.8, 4) is 5.75 Å². The molecule has 0 bridgehead atoms. The summed E-state index contributed by atoms with van der Waals surface area (Å²) in [6.07, 6.45) is -5.04. The van der Waals surface area contributed by atoms with E-state index in [1.54, 1.807) is 26.1 Å². The van der Waals surface area contributed by atoms with Crippen molar-refractivity contribution in [2.24, 2.45) is 5.92 Å². The van der Waals surface area contributed by atoms with Crippen LogP contribution in [-0.2, 0) is 6.18 Å². The number of likely N-dealkylation sites (N-methyl/N-ethyl adjacent to an activating group) is 1. The Morgan fingerprint density at radius 2 is 1.61 bits per heavy atom. The van der Waals surface area contributed by atoms with Crippen LogP contribution in [0, 0.1) is 5.92 Å². The summed E-state index contributed by atoms with van der Waals surface area (Å²) in [6.45, 7) is 3.73. The summed E-state index contributed by atoms with van der Waals surface area (Å²) in [4.78, 5) is 42.2. The van der Waals surface area contributed by atoms with Gasteiger partial charge >= 0.3 is 18.2 Å². The predicted octanol–water partition coefficient (Wildman–Crippen LogP) is 5.73. The molecular formula is C31H34F3N5O5. The first kappa shape index (κ1) is 32.1. The summed E-state index contributed by atoms with van der Waals surface area (Å²) in [5.74, 6) is -0.429. The maximum Gasteiger partial charge on any atom is 0.416 e. The van der Waals surface area contributed by atoms with E-state index in [-0.39, 0.29) is 54.3 Å². The van der Waals surface area contributed by atoms with Crippen molar-refractivity contribution in [1.29, 1.82) is 0 Å². The molecule has 44 heavy (non-hydrogen) atoms. The Hall–Kier alpha value is -4.78. The minimum absolute atomic E-state index is 0.130. The number of rotatable bonds is 7. The van der Waals surface area contributed by atoms with Crippen molar-refractivity contribution in [3.05, 3.63) is 83.9 Å². The predicted molar refractivity (Wildman–Crippen MR) is 160 cm³/mol. The van der Waals surface area contributed by atoms with E-state index in [4.69, 9.17) is 4.74 Å². The number of anilines is 3. The summed E-state index contributed by atoms with van der Waals surface area (Å²) in [5, 5.41) is 17.8. The molecule has 0 aromatic heterocycles. The minimum Gasteiger partial charge on any atom is -0.487 e. The Labute approximate surface area is 252 Å². The fraction of sp³-hybridized carbons (Fsp3) is 0.323. The fourth-order valence-corrected chi connectivity index (χ4v) is 4.65.